The monoisotopic (exact) mass is 494 g/mol. The minimum absolute atomic E-state index is 0.0559. The summed E-state index contributed by atoms with van der Waals surface area (Å²) >= 11 is 1.62. The molecular weight excluding hydrogens is 468 g/mol. The molecular formula is C26H26N2O6S. The summed E-state index contributed by atoms with van der Waals surface area (Å²) in [5.41, 5.74) is 2.60. The highest BCUT2D eigenvalue weighted by molar-refractivity contribution is 7.10. The number of benzene rings is 1. The molecule has 5 rings (SSSR count). The number of non-ortho nitro benzene ring substituents is 1. The molecule has 0 bridgehead atoms. The third kappa shape index (κ3) is 4.66. The number of ketones is 1. The van der Waals surface area contributed by atoms with Crippen LogP contribution in [-0.4, -0.2) is 36.0 Å². The van der Waals surface area contributed by atoms with Gasteiger partial charge < -0.3 is 14.8 Å². The van der Waals surface area contributed by atoms with Crippen LogP contribution in [0.2, 0.25) is 0 Å². The maximum atomic E-state index is 13.6. The van der Waals surface area contributed by atoms with E-state index < -0.39 is 16.8 Å². The average molecular weight is 495 g/mol. The van der Waals surface area contributed by atoms with Crippen LogP contribution in [-0.2, 0) is 19.1 Å². The van der Waals surface area contributed by atoms with Crippen molar-refractivity contribution in [3.05, 3.63) is 84.9 Å². The molecule has 3 heterocycles. The topological polar surface area (TPSA) is 108 Å². The lowest BCUT2D eigenvalue weighted by Crippen LogP contribution is -2.36. The van der Waals surface area contributed by atoms with Gasteiger partial charge in [-0.3, -0.25) is 14.9 Å². The maximum Gasteiger partial charge on any atom is 0.336 e. The average Bonchev–Trinajstić information content (AvgIpc) is 3.56. The van der Waals surface area contributed by atoms with E-state index in [4.69, 9.17) is 9.47 Å². The molecule has 3 aliphatic rings. The fourth-order valence-electron chi connectivity index (χ4n) is 5.21. The van der Waals surface area contributed by atoms with Crippen LogP contribution in [0.25, 0.3) is 0 Å². The molecule has 3 atom stereocenters. The number of allylic oxidation sites excluding steroid dienone is 3. The summed E-state index contributed by atoms with van der Waals surface area (Å²) in [6.07, 6.45) is 2.57. The lowest BCUT2D eigenvalue weighted by Gasteiger charge is -2.36. The zero-order chi connectivity index (χ0) is 24.5. The molecule has 35 heavy (non-hydrogen) atoms. The Morgan fingerprint density at radius 1 is 1.29 bits per heavy atom. The molecule has 1 aromatic heterocycles. The molecule has 3 unspecified atom stereocenters. The highest BCUT2D eigenvalue weighted by Crippen LogP contribution is 2.46. The van der Waals surface area contributed by atoms with Crippen molar-refractivity contribution >= 4 is 28.8 Å². The Kier molecular flexibility index (Phi) is 6.53. The number of hydrogen-bond donors (Lipinski definition) is 1. The Morgan fingerprint density at radius 3 is 2.86 bits per heavy atom. The molecule has 1 aliphatic carbocycles. The molecule has 0 saturated carbocycles. The molecule has 2 aromatic rings. The van der Waals surface area contributed by atoms with Crippen molar-refractivity contribution in [2.24, 2.45) is 0 Å². The Hall–Kier alpha value is -3.30. The SMILES string of the molecule is CC1=C(C(=O)OCC2CCCO2)C(c2cccc([N+](=O)[O-])c2)C2=C(CC(c3cccs3)CC2=O)N1. The standard InChI is InChI=1S/C26H26N2O6S/c1-15-23(26(30)34-14-19-7-3-9-33-19)24(16-5-2-6-18(11-16)28(31)32)25-20(27-15)12-17(13-21(25)29)22-8-4-10-35-22/h2,4-6,8,10-11,17,19,24,27H,3,7,9,12-14H2,1H3. The van der Waals surface area contributed by atoms with Crippen LogP contribution < -0.4 is 5.32 Å². The molecule has 182 valence electrons. The predicted molar refractivity (Wildman–Crippen MR) is 130 cm³/mol. The number of dihydropyridines is 1. The highest BCUT2D eigenvalue weighted by Gasteiger charge is 2.42. The van der Waals surface area contributed by atoms with Crippen LogP contribution >= 0.6 is 11.3 Å². The normalized spacial score (nSPS) is 24.3. The number of nitrogens with one attached hydrogen (secondary N) is 1. The van der Waals surface area contributed by atoms with Gasteiger partial charge in [-0.15, -0.1) is 11.3 Å². The van der Waals surface area contributed by atoms with E-state index in [1.165, 1.54) is 12.1 Å². The molecule has 1 N–H and O–H groups in total. The van der Waals surface area contributed by atoms with Crippen LogP contribution in [0.15, 0.2) is 64.3 Å². The highest BCUT2D eigenvalue weighted by atomic mass is 32.1. The minimum atomic E-state index is -0.736. The van der Waals surface area contributed by atoms with Gasteiger partial charge in [-0.25, -0.2) is 4.79 Å². The minimum Gasteiger partial charge on any atom is -0.459 e. The quantitative estimate of drug-likeness (QED) is 0.351. The largest absolute Gasteiger partial charge is 0.459 e. The molecule has 1 saturated heterocycles. The van der Waals surface area contributed by atoms with Crippen LogP contribution in [0.5, 0.6) is 0 Å². The zero-order valence-corrected chi connectivity index (χ0v) is 20.1. The Labute approximate surface area is 206 Å². The van der Waals surface area contributed by atoms with Gasteiger partial charge in [0, 0.05) is 58.8 Å². The van der Waals surface area contributed by atoms with E-state index in [1.54, 1.807) is 30.4 Å². The van der Waals surface area contributed by atoms with Gasteiger partial charge in [0.25, 0.3) is 5.69 Å². The second kappa shape index (κ2) is 9.75. The number of nitro groups is 1. The molecule has 0 radical (unpaired) electrons. The number of rotatable bonds is 6. The second-order valence-corrected chi connectivity index (χ2v) is 10.1. The van der Waals surface area contributed by atoms with Gasteiger partial charge in [0.1, 0.15) is 6.61 Å². The number of carbonyl (C=O) groups is 2. The summed E-state index contributed by atoms with van der Waals surface area (Å²) in [6.45, 7) is 2.57. The molecule has 1 fully saturated rings. The Bertz CT molecular complexity index is 1230. The number of hydrogen-bond acceptors (Lipinski definition) is 8. The predicted octanol–water partition coefficient (Wildman–Crippen LogP) is 4.74. The summed E-state index contributed by atoms with van der Waals surface area (Å²) in [5, 5.41) is 16.8. The van der Waals surface area contributed by atoms with Crippen molar-refractivity contribution in [2.75, 3.05) is 13.2 Å². The molecule has 2 aliphatic heterocycles. The number of Topliss-reactive ketones (excluding diaryl/α,β-unsaturated/α-hetero) is 1. The zero-order valence-electron chi connectivity index (χ0n) is 19.3. The molecule has 1 aromatic carbocycles. The molecule has 0 spiro atoms. The van der Waals surface area contributed by atoms with Gasteiger partial charge in [0.15, 0.2) is 5.78 Å². The Morgan fingerprint density at radius 2 is 2.14 bits per heavy atom. The van der Waals surface area contributed by atoms with Crippen molar-refractivity contribution in [2.45, 2.75) is 50.5 Å². The maximum absolute atomic E-state index is 13.6. The van der Waals surface area contributed by atoms with E-state index in [1.807, 2.05) is 17.5 Å². The summed E-state index contributed by atoms with van der Waals surface area (Å²) in [6, 6.07) is 10.2. The number of thiophene rings is 1. The summed E-state index contributed by atoms with van der Waals surface area (Å²) in [7, 11) is 0. The third-order valence-electron chi connectivity index (χ3n) is 6.83. The van der Waals surface area contributed by atoms with Gasteiger partial charge in [0.2, 0.25) is 0 Å². The first-order chi connectivity index (χ1) is 16.9. The number of nitro benzene ring substituents is 1. The summed E-state index contributed by atoms with van der Waals surface area (Å²) in [4.78, 5) is 39.1. The number of ether oxygens (including phenoxy) is 2. The van der Waals surface area contributed by atoms with E-state index in [9.17, 15) is 19.7 Å². The summed E-state index contributed by atoms with van der Waals surface area (Å²) < 4.78 is 11.2. The van der Waals surface area contributed by atoms with Gasteiger partial charge in [-0.2, -0.15) is 0 Å². The first kappa shape index (κ1) is 23.4. The van der Waals surface area contributed by atoms with E-state index >= 15 is 0 Å². The van der Waals surface area contributed by atoms with Crippen LogP contribution in [0.1, 0.15) is 54.9 Å². The van der Waals surface area contributed by atoms with Gasteiger partial charge in [-0.05, 0) is 43.2 Å². The van der Waals surface area contributed by atoms with E-state index in [0.717, 1.165) is 23.4 Å². The summed E-state index contributed by atoms with van der Waals surface area (Å²) in [5.74, 6) is -1.28. The van der Waals surface area contributed by atoms with E-state index in [0.29, 0.717) is 41.9 Å². The molecule has 9 heteroatoms. The van der Waals surface area contributed by atoms with Crippen molar-refractivity contribution in [3.63, 3.8) is 0 Å². The van der Waals surface area contributed by atoms with E-state index in [-0.39, 0.29) is 30.1 Å². The number of carbonyl (C=O) groups excluding carboxylic acids is 2. The van der Waals surface area contributed by atoms with Crippen LogP contribution in [0, 0.1) is 10.1 Å². The Balaban J connectivity index is 1.53. The van der Waals surface area contributed by atoms with E-state index in [2.05, 4.69) is 5.32 Å². The van der Waals surface area contributed by atoms with Crippen LogP contribution in [0.3, 0.4) is 0 Å². The fraction of sp³-hybridized carbons (Fsp3) is 0.385. The van der Waals surface area contributed by atoms with Crippen LogP contribution in [0.4, 0.5) is 5.69 Å². The van der Waals surface area contributed by atoms with Crippen molar-refractivity contribution < 1.29 is 24.0 Å². The fourth-order valence-corrected chi connectivity index (χ4v) is 6.04. The molecule has 8 nitrogen and oxygen atoms in total. The van der Waals surface area contributed by atoms with Crippen molar-refractivity contribution in [1.82, 2.24) is 5.32 Å². The third-order valence-corrected chi connectivity index (χ3v) is 7.87. The lowest BCUT2D eigenvalue weighted by molar-refractivity contribution is -0.384. The molecule has 0 amide bonds. The first-order valence-electron chi connectivity index (χ1n) is 11.7. The number of esters is 1. The van der Waals surface area contributed by atoms with Gasteiger partial charge in [-0.1, -0.05) is 18.2 Å². The van der Waals surface area contributed by atoms with Crippen molar-refractivity contribution in [3.8, 4) is 0 Å². The first-order valence-corrected chi connectivity index (χ1v) is 12.6. The smallest absolute Gasteiger partial charge is 0.336 e. The second-order valence-electron chi connectivity index (χ2n) is 9.12. The van der Waals surface area contributed by atoms with Gasteiger partial charge >= 0.3 is 5.97 Å². The lowest BCUT2D eigenvalue weighted by atomic mass is 9.72. The van der Waals surface area contributed by atoms with Gasteiger partial charge in [0.05, 0.1) is 16.6 Å². The van der Waals surface area contributed by atoms with Crippen molar-refractivity contribution in [1.29, 1.82) is 0 Å². The number of nitrogens with zero attached hydrogens (tertiary/aromatic N) is 1.